The molecule has 0 aliphatic carbocycles. The van der Waals surface area contributed by atoms with E-state index < -0.39 is 5.97 Å². The third kappa shape index (κ3) is 12.8. The summed E-state index contributed by atoms with van der Waals surface area (Å²) in [6.07, 6.45) is 5.46. The van der Waals surface area contributed by atoms with Crippen molar-refractivity contribution in [1.29, 1.82) is 5.26 Å². The quantitative estimate of drug-likeness (QED) is 0.0387. The van der Waals surface area contributed by atoms with Gasteiger partial charge in [-0.2, -0.15) is 5.26 Å². The van der Waals surface area contributed by atoms with Crippen LogP contribution in [-0.2, 0) is 42.5 Å². The molecule has 0 saturated heterocycles. The smallest absolute Gasteiger partial charge is 0.303 e. The zero-order valence-corrected chi connectivity index (χ0v) is 36.2. The first-order valence-electron chi connectivity index (χ1n) is 19.0. The van der Waals surface area contributed by atoms with Gasteiger partial charge in [-0.15, -0.1) is 0 Å². The van der Waals surface area contributed by atoms with Crippen molar-refractivity contribution in [3.63, 3.8) is 0 Å². The average molecular weight is 873 g/mol. The van der Waals surface area contributed by atoms with Gasteiger partial charge < -0.3 is 34.7 Å². The van der Waals surface area contributed by atoms with Crippen molar-refractivity contribution in [2.45, 2.75) is 59.6 Å². The lowest BCUT2D eigenvalue weighted by Gasteiger charge is -2.19. The molecule has 12 nitrogen and oxygen atoms in total. The van der Waals surface area contributed by atoms with E-state index in [1.165, 1.54) is 18.1 Å². The molecule has 15 heteroatoms. The van der Waals surface area contributed by atoms with Crippen LogP contribution in [-0.4, -0.2) is 48.4 Å². The first kappa shape index (κ1) is 45.6. The molecule has 0 fully saturated rings. The Kier molecular flexibility index (Phi) is 17.3. The van der Waals surface area contributed by atoms with E-state index in [1.54, 1.807) is 49.9 Å². The summed E-state index contributed by atoms with van der Waals surface area (Å²) in [6.45, 7) is 6.23. The molecule has 0 atom stereocenters. The number of hydrogen-bond donors (Lipinski definition) is 4. The molecule has 0 aliphatic rings. The van der Waals surface area contributed by atoms with Crippen LogP contribution in [0.3, 0.4) is 0 Å². The summed E-state index contributed by atoms with van der Waals surface area (Å²) >= 11 is 14.7. The van der Waals surface area contributed by atoms with Crippen molar-refractivity contribution in [3.05, 3.63) is 134 Å². The van der Waals surface area contributed by atoms with Crippen molar-refractivity contribution in [3.8, 4) is 40.2 Å². The van der Waals surface area contributed by atoms with E-state index in [-0.39, 0.29) is 38.7 Å². The maximum Gasteiger partial charge on any atom is 0.303 e. The van der Waals surface area contributed by atoms with Crippen molar-refractivity contribution in [1.82, 2.24) is 20.3 Å². The largest absolute Gasteiger partial charge is 0.496 e. The topological polar surface area (TPSA) is 164 Å². The highest BCUT2D eigenvalue weighted by atomic mass is 35.5. The molecule has 314 valence electrons. The number of methoxy groups -OCH3 is 1. The molecule has 60 heavy (non-hydrogen) atoms. The lowest BCUT2D eigenvalue weighted by atomic mass is 9.92. The fourth-order valence-corrected chi connectivity index (χ4v) is 7.17. The minimum absolute atomic E-state index is 0.0647. The molecule has 1 aromatic heterocycles. The van der Waals surface area contributed by atoms with Gasteiger partial charge in [0.25, 0.3) is 0 Å². The molecule has 1 heterocycles. The van der Waals surface area contributed by atoms with Gasteiger partial charge in [-0.3, -0.25) is 19.3 Å². The van der Waals surface area contributed by atoms with Crippen molar-refractivity contribution >= 4 is 47.0 Å². The van der Waals surface area contributed by atoms with Gasteiger partial charge in [-0.1, -0.05) is 71.5 Å². The van der Waals surface area contributed by atoms with Crippen LogP contribution in [0.1, 0.15) is 57.3 Å². The summed E-state index contributed by atoms with van der Waals surface area (Å²) in [5, 5.41) is 25.5. The van der Waals surface area contributed by atoms with Gasteiger partial charge in [-0.05, 0) is 78.4 Å². The fraction of sp³-hybridized carbons (Fsp3) is 0.289. The van der Waals surface area contributed by atoms with Gasteiger partial charge in [0.15, 0.2) is 0 Å². The second-order valence-electron chi connectivity index (χ2n) is 13.7. The van der Waals surface area contributed by atoms with Crippen LogP contribution in [0.4, 0.5) is 0 Å². The average Bonchev–Trinajstić information content (AvgIpc) is 3.23. The Morgan fingerprint density at radius 1 is 0.783 bits per heavy atom. The highest BCUT2D eigenvalue weighted by Gasteiger charge is 2.17. The van der Waals surface area contributed by atoms with E-state index in [2.05, 4.69) is 52.4 Å². The number of nitrogens with one attached hydrogen (secondary N) is 3. The minimum Gasteiger partial charge on any atom is -0.496 e. The molecule has 1 amide bonds. The number of carbonyl (C=O) groups is 2. The predicted molar refractivity (Wildman–Crippen MR) is 235 cm³/mol. The van der Waals surface area contributed by atoms with Gasteiger partial charge in [0.2, 0.25) is 5.91 Å². The molecule has 5 rings (SSSR count). The van der Waals surface area contributed by atoms with E-state index in [9.17, 15) is 14.9 Å². The third-order valence-electron chi connectivity index (χ3n) is 9.59. The number of carbonyl (C=O) groups excluding carboxylic acids is 1. The Morgan fingerprint density at radius 2 is 1.37 bits per heavy atom. The number of benzene rings is 4. The Bertz CT molecular complexity index is 2340. The molecule has 0 aliphatic heterocycles. The first-order valence-corrected chi connectivity index (χ1v) is 21.0. The third-order valence-corrected chi connectivity index (χ3v) is 10.6. The second-order valence-corrected chi connectivity index (χ2v) is 15.2. The summed E-state index contributed by atoms with van der Waals surface area (Å²) in [7, 11) is 1.58. The highest BCUT2D eigenvalue weighted by molar-refractivity contribution is 7.97. The zero-order chi connectivity index (χ0) is 43.0. The normalized spacial score (nSPS) is 10.8. The van der Waals surface area contributed by atoms with E-state index in [0.29, 0.717) is 64.7 Å². The summed E-state index contributed by atoms with van der Waals surface area (Å²) in [5.74, 6) is 1.07. The Hall–Kier alpha value is -5.49. The molecule has 5 aromatic rings. The van der Waals surface area contributed by atoms with Crippen LogP contribution in [0, 0.1) is 25.2 Å². The summed E-state index contributed by atoms with van der Waals surface area (Å²) in [6, 6.07) is 23.1. The first-order chi connectivity index (χ1) is 29.0. The Morgan fingerprint density at radius 3 is 1.95 bits per heavy atom. The van der Waals surface area contributed by atoms with Crippen molar-refractivity contribution < 1.29 is 33.6 Å². The number of halogens is 2. The molecule has 0 saturated carbocycles. The SMILES string of the molecule is COc1cc(OCc2cccc(-c3cccc(COc4cc(OCc5cncc(C#N)c5)c(CNCCCC(=O)O)cc4Cl)c3C)c2C)c(Cl)cc1CNCC(=O)NSC. The molecule has 0 spiro atoms. The molecular weight excluding hydrogens is 825 g/mol. The predicted octanol–water partition coefficient (Wildman–Crippen LogP) is 8.73. The molecule has 4 N–H and O–H groups in total. The van der Waals surface area contributed by atoms with Crippen LogP contribution in [0.5, 0.6) is 23.0 Å². The van der Waals surface area contributed by atoms with Crippen LogP contribution < -0.4 is 34.3 Å². The number of nitrogens with zero attached hydrogens (tertiary/aromatic N) is 2. The minimum atomic E-state index is -0.847. The van der Waals surface area contributed by atoms with Gasteiger partial charge >= 0.3 is 5.97 Å². The maximum absolute atomic E-state index is 11.8. The van der Waals surface area contributed by atoms with Gasteiger partial charge in [0.05, 0.1) is 29.3 Å². The molecule has 0 radical (unpaired) electrons. The fourth-order valence-electron chi connectivity index (χ4n) is 6.39. The number of amides is 1. The van der Waals surface area contributed by atoms with Crippen LogP contribution >= 0.6 is 35.1 Å². The summed E-state index contributed by atoms with van der Waals surface area (Å²) in [4.78, 5) is 26.9. The lowest BCUT2D eigenvalue weighted by molar-refractivity contribution is -0.137. The lowest BCUT2D eigenvalue weighted by Crippen LogP contribution is -2.29. The van der Waals surface area contributed by atoms with Crippen molar-refractivity contribution in [2.75, 3.05) is 26.5 Å². The van der Waals surface area contributed by atoms with Crippen LogP contribution in [0.15, 0.2) is 79.1 Å². The van der Waals surface area contributed by atoms with E-state index >= 15 is 0 Å². The summed E-state index contributed by atoms with van der Waals surface area (Å²) in [5.41, 5.74) is 8.87. The molecular formula is C45H47Cl2N5O7S. The number of aliphatic carboxylic acids is 1. The van der Waals surface area contributed by atoms with E-state index in [4.69, 9.17) is 47.3 Å². The zero-order valence-electron chi connectivity index (χ0n) is 33.8. The van der Waals surface area contributed by atoms with Gasteiger partial charge in [0.1, 0.15) is 48.9 Å². The number of aromatic nitrogens is 1. The molecule has 0 unspecified atom stereocenters. The number of pyridine rings is 1. The standard InChI is InChI=1S/C45H47Cl2N5O7S/c1-28-32(26-58-42-17-40(56-3)34(15-38(42)46)23-51-24-44(53)52-60-4)8-5-10-36(28)37-11-6-9-33(29(37)2)27-59-43-18-41(57-25-31-14-30(19-48)20-50-21-31)35(16-39(43)47)22-49-13-7-12-45(54)55/h5-6,8-11,14-18,20-21,49,51H,7,12-13,22-27H2,1-4H3,(H,52,53)(H,54,55). The summed E-state index contributed by atoms with van der Waals surface area (Å²) < 4.78 is 27.1. The number of ether oxygens (including phenoxy) is 4. The van der Waals surface area contributed by atoms with Crippen LogP contribution in [0.2, 0.25) is 10.0 Å². The number of carboxylic acids is 1. The second kappa shape index (κ2) is 22.8. The van der Waals surface area contributed by atoms with Gasteiger partial charge in [0, 0.05) is 67.0 Å². The van der Waals surface area contributed by atoms with Crippen LogP contribution in [0.25, 0.3) is 11.1 Å². The van der Waals surface area contributed by atoms with Crippen molar-refractivity contribution in [2.24, 2.45) is 0 Å². The number of rotatable bonds is 22. The molecule has 0 bridgehead atoms. The monoisotopic (exact) mass is 871 g/mol. The maximum atomic E-state index is 11.8. The van der Waals surface area contributed by atoms with Gasteiger partial charge in [-0.25, -0.2) is 0 Å². The van der Waals surface area contributed by atoms with E-state index in [1.807, 2.05) is 24.3 Å². The number of nitriles is 1. The highest BCUT2D eigenvalue weighted by Crippen LogP contribution is 2.37. The molecule has 4 aromatic carbocycles. The number of hydrogen-bond acceptors (Lipinski definition) is 11. The Labute approximate surface area is 364 Å². The van der Waals surface area contributed by atoms with E-state index in [0.717, 1.165) is 50.1 Å². The number of carboxylic acid groups (broad SMARTS) is 1. The Balaban J connectivity index is 1.30.